The summed E-state index contributed by atoms with van der Waals surface area (Å²) in [5, 5.41) is 9.53. The van der Waals surface area contributed by atoms with Crippen LogP contribution in [0.2, 0.25) is 0 Å². The third kappa shape index (κ3) is 2.69. The summed E-state index contributed by atoms with van der Waals surface area (Å²) in [5.41, 5.74) is -1.62. The summed E-state index contributed by atoms with van der Waals surface area (Å²) in [6.07, 6.45) is 3.17. The van der Waals surface area contributed by atoms with Crippen LogP contribution in [0.25, 0.3) is 11.2 Å². The molecule has 0 spiro atoms. The van der Waals surface area contributed by atoms with Gasteiger partial charge >= 0.3 is 12.2 Å². The van der Waals surface area contributed by atoms with Crippen LogP contribution in [0.3, 0.4) is 0 Å². The minimum absolute atomic E-state index is 0.0457. The number of aryl methyl sites for hydroxylation is 1. The quantitative estimate of drug-likeness (QED) is 0.905. The summed E-state index contributed by atoms with van der Waals surface area (Å²) in [5.74, 6) is 0.0733. The molecule has 1 aliphatic carbocycles. The van der Waals surface area contributed by atoms with Gasteiger partial charge in [0.15, 0.2) is 11.2 Å². The number of imidazole rings is 1. The second kappa shape index (κ2) is 5.88. The highest BCUT2D eigenvalue weighted by Crippen LogP contribution is 2.25. The van der Waals surface area contributed by atoms with Gasteiger partial charge in [-0.15, -0.1) is 0 Å². The lowest BCUT2D eigenvalue weighted by Crippen LogP contribution is -2.41. The van der Waals surface area contributed by atoms with Crippen molar-refractivity contribution < 1.29 is 13.9 Å². The Bertz CT molecular complexity index is 831. The molecule has 0 unspecified atom stereocenters. The van der Waals surface area contributed by atoms with E-state index in [9.17, 15) is 23.5 Å². The van der Waals surface area contributed by atoms with Gasteiger partial charge in [-0.3, -0.25) is 18.5 Å². The Morgan fingerprint density at radius 2 is 1.96 bits per heavy atom. The van der Waals surface area contributed by atoms with E-state index >= 15 is 0 Å². The average molecular weight is 328 g/mol. The lowest BCUT2D eigenvalue weighted by atomic mass is 9.87. The Kier molecular flexibility index (Phi) is 4.05. The third-order valence-corrected chi connectivity index (χ3v) is 4.53. The molecule has 0 radical (unpaired) electrons. The number of aromatic nitrogens is 4. The van der Waals surface area contributed by atoms with Gasteiger partial charge in [0, 0.05) is 13.6 Å². The summed E-state index contributed by atoms with van der Waals surface area (Å²) in [6.45, 7) is -2.73. The van der Waals surface area contributed by atoms with Gasteiger partial charge < -0.3 is 5.11 Å². The molecular formula is C14H18F2N4O3. The van der Waals surface area contributed by atoms with Gasteiger partial charge in [0.05, 0.1) is 6.10 Å². The summed E-state index contributed by atoms with van der Waals surface area (Å²) in [4.78, 5) is 28.7. The number of alkyl halides is 2. The van der Waals surface area contributed by atoms with E-state index in [-0.39, 0.29) is 29.7 Å². The van der Waals surface area contributed by atoms with Crippen LogP contribution in [0.4, 0.5) is 8.78 Å². The standard InChI is InChI=1S/C14H18F2N4O3/c1-18-11-10(20(7-17-11)13(15)16)12(22)19(14(18)23)6-8-2-4-9(21)5-3-8/h7-9,13,21H,2-6H2,1H3. The largest absolute Gasteiger partial charge is 0.393 e. The van der Waals surface area contributed by atoms with E-state index in [1.165, 1.54) is 7.05 Å². The Balaban J connectivity index is 2.08. The summed E-state index contributed by atoms with van der Waals surface area (Å²) >= 11 is 0. The van der Waals surface area contributed by atoms with Crippen molar-refractivity contribution in [3.63, 3.8) is 0 Å². The zero-order valence-electron chi connectivity index (χ0n) is 12.7. The molecule has 2 aromatic rings. The lowest BCUT2D eigenvalue weighted by molar-refractivity contribution is 0.0742. The van der Waals surface area contributed by atoms with Crippen molar-refractivity contribution in [3.8, 4) is 0 Å². The van der Waals surface area contributed by atoms with Gasteiger partial charge in [0.2, 0.25) is 0 Å². The van der Waals surface area contributed by atoms with Crippen LogP contribution in [0.5, 0.6) is 0 Å². The Labute approximate surface area is 129 Å². The first kappa shape index (κ1) is 15.9. The molecule has 7 nitrogen and oxygen atoms in total. The number of aliphatic hydroxyl groups excluding tert-OH is 1. The number of hydrogen-bond acceptors (Lipinski definition) is 4. The molecule has 1 fully saturated rings. The molecular weight excluding hydrogens is 310 g/mol. The van der Waals surface area contributed by atoms with Gasteiger partial charge in [-0.05, 0) is 31.6 Å². The first-order valence-corrected chi connectivity index (χ1v) is 7.52. The predicted octanol–water partition coefficient (Wildman–Crippen LogP) is 0.843. The van der Waals surface area contributed by atoms with Gasteiger partial charge in [0.1, 0.15) is 6.33 Å². The first-order chi connectivity index (χ1) is 10.9. The van der Waals surface area contributed by atoms with Crippen molar-refractivity contribution in [3.05, 3.63) is 27.2 Å². The van der Waals surface area contributed by atoms with Crippen LogP contribution in [0.1, 0.15) is 32.2 Å². The zero-order chi connectivity index (χ0) is 16.7. The van der Waals surface area contributed by atoms with Gasteiger partial charge in [-0.2, -0.15) is 8.78 Å². The second-order valence-electron chi connectivity index (χ2n) is 6.03. The first-order valence-electron chi connectivity index (χ1n) is 7.52. The third-order valence-electron chi connectivity index (χ3n) is 4.53. The maximum absolute atomic E-state index is 13.0. The van der Waals surface area contributed by atoms with Crippen molar-refractivity contribution in [1.82, 2.24) is 18.7 Å². The highest BCUT2D eigenvalue weighted by atomic mass is 19.3. The number of halogens is 2. The summed E-state index contributed by atoms with van der Waals surface area (Å²) < 4.78 is 28.7. The van der Waals surface area contributed by atoms with Crippen LogP contribution >= 0.6 is 0 Å². The van der Waals surface area contributed by atoms with Crippen LogP contribution < -0.4 is 11.2 Å². The predicted molar refractivity (Wildman–Crippen MR) is 78.5 cm³/mol. The molecule has 23 heavy (non-hydrogen) atoms. The van der Waals surface area contributed by atoms with Crippen molar-refractivity contribution in [2.45, 2.75) is 44.9 Å². The summed E-state index contributed by atoms with van der Waals surface area (Å²) in [6, 6.07) is 0. The highest BCUT2D eigenvalue weighted by Gasteiger charge is 2.24. The molecule has 0 saturated heterocycles. The lowest BCUT2D eigenvalue weighted by Gasteiger charge is -2.25. The molecule has 0 atom stereocenters. The molecule has 0 aromatic carbocycles. The minimum Gasteiger partial charge on any atom is -0.393 e. The topological polar surface area (TPSA) is 82.0 Å². The SMILES string of the molecule is Cn1c(=O)n(CC2CCC(O)CC2)c(=O)c2c1ncn2C(F)F. The number of hydrogen-bond donors (Lipinski definition) is 1. The van der Waals surface area contributed by atoms with Crippen molar-refractivity contribution in [2.75, 3.05) is 0 Å². The number of nitrogens with zero attached hydrogens (tertiary/aromatic N) is 4. The molecule has 126 valence electrons. The fraction of sp³-hybridized carbons (Fsp3) is 0.643. The smallest absolute Gasteiger partial charge is 0.332 e. The van der Waals surface area contributed by atoms with E-state index in [1.54, 1.807) is 0 Å². The van der Waals surface area contributed by atoms with E-state index in [0.717, 1.165) is 15.5 Å². The normalized spacial score (nSPS) is 22.1. The van der Waals surface area contributed by atoms with E-state index < -0.39 is 17.8 Å². The Hall–Kier alpha value is -2.03. The fourth-order valence-electron chi connectivity index (χ4n) is 3.18. The van der Waals surface area contributed by atoms with E-state index in [4.69, 9.17) is 0 Å². The molecule has 1 aliphatic rings. The average Bonchev–Trinajstić information content (AvgIpc) is 2.96. The van der Waals surface area contributed by atoms with Gasteiger partial charge in [-0.1, -0.05) is 0 Å². The maximum atomic E-state index is 13.0. The molecule has 0 bridgehead atoms. The van der Waals surface area contributed by atoms with E-state index in [0.29, 0.717) is 30.3 Å². The molecule has 0 aliphatic heterocycles. The molecule has 2 heterocycles. The number of fused-ring (bicyclic) bond motifs is 1. The molecule has 1 N–H and O–H groups in total. The van der Waals surface area contributed by atoms with Crippen LogP contribution in [0, 0.1) is 5.92 Å². The molecule has 0 amide bonds. The fourth-order valence-corrected chi connectivity index (χ4v) is 3.18. The van der Waals surface area contributed by atoms with E-state index in [1.807, 2.05) is 0 Å². The Morgan fingerprint density at radius 3 is 2.57 bits per heavy atom. The van der Waals surface area contributed by atoms with Crippen LogP contribution in [-0.4, -0.2) is 29.9 Å². The van der Waals surface area contributed by atoms with E-state index in [2.05, 4.69) is 4.98 Å². The van der Waals surface area contributed by atoms with Crippen LogP contribution in [-0.2, 0) is 13.6 Å². The monoisotopic (exact) mass is 328 g/mol. The highest BCUT2D eigenvalue weighted by molar-refractivity contribution is 5.70. The van der Waals surface area contributed by atoms with Crippen molar-refractivity contribution >= 4 is 11.2 Å². The van der Waals surface area contributed by atoms with Crippen LogP contribution in [0.15, 0.2) is 15.9 Å². The minimum atomic E-state index is -2.90. The molecule has 1 saturated carbocycles. The van der Waals surface area contributed by atoms with Crippen molar-refractivity contribution in [2.24, 2.45) is 13.0 Å². The number of rotatable bonds is 3. The van der Waals surface area contributed by atoms with Gasteiger partial charge in [-0.25, -0.2) is 9.78 Å². The molecule has 3 rings (SSSR count). The molecule has 2 aromatic heterocycles. The second-order valence-corrected chi connectivity index (χ2v) is 6.03. The zero-order valence-corrected chi connectivity index (χ0v) is 12.7. The summed E-state index contributed by atoms with van der Waals surface area (Å²) in [7, 11) is 1.41. The van der Waals surface area contributed by atoms with Crippen molar-refractivity contribution in [1.29, 1.82) is 0 Å². The van der Waals surface area contributed by atoms with Gasteiger partial charge in [0.25, 0.3) is 5.56 Å². The maximum Gasteiger partial charge on any atom is 0.332 e. The molecule has 9 heteroatoms. The Morgan fingerprint density at radius 1 is 1.30 bits per heavy atom. The number of aliphatic hydroxyl groups is 1.